The molecule has 1 unspecified atom stereocenters. The number of hydrogen-bond donors (Lipinski definition) is 0. The van der Waals surface area contributed by atoms with Crippen LogP contribution in [0.4, 0.5) is 0 Å². The summed E-state index contributed by atoms with van der Waals surface area (Å²) in [5, 5.41) is 0. The molecule has 0 amide bonds. The molecule has 0 aliphatic carbocycles. The third-order valence-electron chi connectivity index (χ3n) is 7.18. The van der Waals surface area contributed by atoms with E-state index in [2.05, 4.69) is 65.0 Å². The van der Waals surface area contributed by atoms with Crippen molar-refractivity contribution in [1.82, 2.24) is 0 Å². The lowest BCUT2D eigenvalue weighted by Gasteiger charge is -2.32. The van der Waals surface area contributed by atoms with Crippen LogP contribution in [0, 0.1) is 19.3 Å². The standard InChI is InChI=1S/C28H40O3/c1-11-26(5,6)25(29)31-24-16-14-22(18-20(24)4)27(7,8)21-13-15-23(19(3)17-21)28(9,12-2)30-10/h13-18H,11-12H2,1-10H3. The van der Waals surface area contributed by atoms with E-state index in [4.69, 9.17) is 9.47 Å². The van der Waals surface area contributed by atoms with Gasteiger partial charge in [0.15, 0.2) is 0 Å². The summed E-state index contributed by atoms with van der Waals surface area (Å²) in [5.74, 6) is 0.449. The summed E-state index contributed by atoms with van der Waals surface area (Å²) in [6.45, 7) is 18.8. The van der Waals surface area contributed by atoms with E-state index in [1.165, 1.54) is 22.3 Å². The molecule has 0 bridgehead atoms. The first-order valence-electron chi connectivity index (χ1n) is 11.3. The molecule has 0 fully saturated rings. The van der Waals surface area contributed by atoms with E-state index in [1.54, 1.807) is 7.11 Å². The summed E-state index contributed by atoms with van der Waals surface area (Å²) >= 11 is 0. The summed E-state index contributed by atoms with van der Waals surface area (Å²) in [4.78, 5) is 12.5. The van der Waals surface area contributed by atoms with Crippen LogP contribution in [-0.2, 0) is 20.5 Å². The van der Waals surface area contributed by atoms with E-state index < -0.39 is 5.41 Å². The molecule has 0 aromatic heterocycles. The third kappa shape index (κ3) is 5.03. The van der Waals surface area contributed by atoms with Crippen molar-refractivity contribution in [3.05, 3.63) is 64.2 Å². The molecule has 0 heterocycles. The van der Waals surface area contributed by atoms with Crippen molar-refractivity contribution in [3.63, 3.8) is 0 Å². The number of ether oxygens (including phenoxy) is 2. The summed E-state index contributed by atoms with van der Waals surface area (Å²) in [5.41, 5.74) is 4.93. The second-order valence-electron chi connectivity index (χ2n) is 10.1. The second kappa shape index (κ2) is 9.16. The molecule has 0 spiro atoms. The zero-order valence-corrected chi connectivity index (χ0v) is 21.1. The van der Waals surface area contributed by atoms with Gasteiger partial charge in [-0.3, -0.25) is 4.79 Å². The minimum Gasteiger partial charge on any atom is -0.426 e. The Morgan fingerprint density at radius 2 is 1.39 bits per heavy atom. The first kappa shape index (κ1) is 25.1. The van der Waals surface area contributed by atoms with Crippen LogP contribution in [0.25, 0.3) is 0 Å². The molecule has 170 valence electrons. The number of methoxy groups -OCH3 is 1. The van der Waals surface area contributed by atoms with Crippen LogP contribution in [0.15, 0.2) is 36.4 Å². The van der Waals surface area contributed by atoms with Gasteiger partial charge in [-0.05, 0) is 81.3 Å². The zero-order chi connectivity index (χ0) is 23.6. The van der Waals surface area contributed by atoms with Gasteiger partial charge in [0.1, 0.15) is 5.75 Å². The smallest absolute Gasteiger partial charge is 0.316 e. The van der Waals surface area contributed by atoms with Gasteiger partial charge in [-0.2, -0.15) is 0 Å². The molecule has 3 nitrogen and oxygen atoms in total. The van der Waals surface area contributed by atoms with Gasteiger partial charge in [0, 0.05) is 12.5 Å². The fourth-order valence-corrected chi connectivity index (χ4v) is 3.79. The van der Waals surface area contributed by atoms with Crippen LogP contribution in [0.2, 0.25) is 0 Å². The van der Waals surface area contributed by atoms with E-state index in [1.807, 2.05) is 33.8 Å². The second-order valence-corrected chi connectivity index (χ2v) is 10.1. The van der Waals surface area contributed by atoms with Gasteiger partial charge in [-0.25, -0.2) is 0 Å². The molecule has 0 saturated heterocycles. The number of hydrogen-bond acceptors (Lipinski definition) is 3. The summed E-state index contributed by atoms with van der Waals surface area (Å²) < 4.78 is 11.5. The Bertz CT molecular complexity index is 933. The quantitative estimate of drug-likeness (QED) is 0.331. The van der Waals surface area contributed by atoms with Crippen LogP contribution in [0.1, 0.15) is 89.1 Å². The van der Waals surface area contributed by atoms with Crippen molar-refractivity contribution >= 4 is 5.97 Å². The van der Waals surface area contributed by atoms with Crippen molar-refractivity contribution in [2.45, 2.75) is 86.2 Å². The molecule has 0 saturated carbocycles. The Morgan fingerprint density at radius 3 is 1.84 bits per heavy atom. The SMILES string of the molecule is CCC(C)(C)C(=O)Oc1ccc(C(C)(C)c2ccc(C(C)(CC)OC)c(C)c2)cc1C. The van der Waals surface area contributed by atoms with Crippen molar-refractivity contribution in [3.8, 4) is 5.75 Å². The Morgan fingerprint density at radius 1 is 0.839 bits per heavy atom. The highest BCUT2D eigenvalue weighted by atomic mass is 16.5. The highest BCUT2D eigenvalue weighted by Crippen LogP contribution is 2.38. The van der Waals surface area contributed by atoms with E-state index in [9.17, 15) is 4.79 Å². The van der Waals surface area contributed by atoms with Gasteiger partial charge in [0.2, 0.25) is 0 Å². The first-order chi connectivity index (χ1) is 14.3. The maximum Gasteiger partial charge on any atom is 0.316 e. The molecule has 1 atom stereocenters. The van der Waals surface area contributed by atoms with Crippen LogP contribution in [0.5, 0.6) is 5.75 Å². The van der Waals surface area contributed by atoms with E-state index in [0.717, 1.165) is 18.4 Å². The molecular weight excluding hydrogens is 384 g/mol. The molecule has 2 aromatic rings. The Labute approximate surface area is 189 Å². The monoisotopic (exact) mass is 424 g/mol. The zero-order valence-electron chi connectivity index (χ0n) is 21.1. The maximum atomic E-state index is 12.5. The largest absolute Gasteiger partial charge is 0.426 e. The minimum absolute atomic E-state index is 0.186. The van der Waals surface area contributed by atoms with Gasteiger partial charge >= 0.3 is 5.97 Å². The predicted octanol–water partition coefficient (Wildman–Crippen LogP) is 7.24. The predicted molar refractivity (Wildman–Crippen MR) is 129 cm³/mol. The summed E-state index contributed by atoms with van der Waals surface area (Å²) in [6, 6.07) is 12.8. The van der Waals surface area contributed by atoms with Crippen LogP contribution in [-0.4, -0.2) is 13.1 Å². The number of aryl methyl sites for hydroxylation is 2. The number of esters is 1. The fourth-order valence-electron chi connectivity index (χ4n) is 3.79. The molecule has 2 aromatic carbocycles. The molecule has 0 aliphatic heterocycles. The van der Waals surface area contributed by atoms with Crippen molar-refractivity contribution < 1.29 is 14.3 Å². The van der Waals surface area contributed by atoms with Crippen LogP contribution < -0.4 is 4.74 Å². The molecule has 2 rings (SSSR count). The highest BCUT2D eigenvalue weighted by Gasteiger charge is 2.30. The Balaban J connectivity index is 2.37. The van der Waals surface area contributed by atoms with Gasteiger partial charge in [0.05, 0.1) is 11.0 Å². The topological polar surface area (TPSA) is 35.5 Å². The number of carbonyl (C=O) groups excluding carboxylic acids is 1. The van der Waals surface area contributed by atoms with Crippen LogP contribution >= 0.6 is 0 Å². The molecule has 0 aliphatic rings. The third-order valence-corrected chi connectivity index (χ3v) is 7.18. The van der Waals surface area contributed by atoms with Crippen molar-refractivity contribution in [2.24, 2.45) is 5.41 Å². The average molecular weight is 425 g/mol. The van der Waals surface area contributed by atoms with Crippen LogP contribution in [0.3, 0.4) is 0 Å². The van der Waals surface area contributed by atoms with E-state index in [0.29, 0.717) is 5.75 Å². The fraction of sp³-hybridized carbons (Fsp3) is 0.536. The lowest BCUT2D eigenvalue weighted by Crippen LogP contribution is -2.28. The molecule has 0 N–H and O–H groups in total. The highest BCUT2D eigenvalue weighted by molar-refractivity contribution is 5.78. The Kier molecular flexibility index (Phi) is 7.43. The maximum absolute atomic E-state index is 12.5. The first-order valence-corrected chi connectivity index (χ1v) is 11.3. The van der Waals surface area contributed by atoms with E-state index >= 15 is 0 Å². The lowest BCUT2D eigenvalue weighted by atomic mass is 9.76. The number of benzene rings is 2. The van der Waals surface area contributed by atoms with Gasteiger partial charge in [0.25, 0.3) is 0 Å². The number of rotatable bonds is 8. The van der Waals surface area contributed by atoms with Crippen molar-refractivity contribution in [2.75, 3.05) is 7.11 Å². The lowest BCUT2D eigenvalue weighted by molar-refractivity contribution is -0.144. The molecule has 31 heavy (non-hydrogen) atoms. The average Bonchev–Trinajstić information content (AvgIpc) is 2.74. The van der Waals surface area contributed by atoms with Gasteiger partial charge in [-0.15, -0.1) is 0 Å². The Hall–Kier alpha value is -2.13. The normalized spacial score (nSPS) is 14.3. The van der Waals surface area contributed by atoms with E-state index in [-0.39, 0.29) is 17.0 Å². The number of carbonyl (C=O) groups is 1. The summed E-state index contributed by atoms with van der Waals surface area (Å²) in [6.07, 6.45) is 1.66. The molecular formula is C28H40O3. The molecule has 0 radical (unpaired) electrons. The summed E-state index contributed by atoms with van der Waals surface area (Å²) in [7, 11) is 1.78. The van der Waals surface area contributed by atoms with Gasteiger partial charge in [-0.1, -0.05) is 58.0 Å². The minimum atomic E-state index is -0.487. The molecule has 3 heteroatoms. The van der Waals surface area contributed by atoms with Crippen molar-refractivity contribution in [1.29, 1.82) is 0 Å². The van der Waals surface area contributed by atoms with Gasteiger partial charge < -0.3 is 9.47 Å².